The lowest BCUT2D eigenvalue weighted by Crippen LogP contribution is -2.53. The Morgan fingerprint density at radius 1 is 0.839 bits per heavy atom. The maximum absolute atomic E-state index is 13.0. The summed E-state index contributed by atoms with van der Waals surface area (Å²) in [6, 6.07) is -1.26. The van der Waals surface area contributed by atoms with E-state index in [1.165, 1.54) is 0 Å². The van der Waals surface area contributed by atoms with Crippen molar-refractivity contribution in [3.63, 3.8) is 0 Å². The highest BCUT2D eigenvalue weighted by molar-refractivity contribution is 5.94. The molecule has 1 rings (SSSR count). The first kappa shape index (κ1) is 26.7. The highest BCUT2D eigenvalue weighted by Gasteiger charge is 2.42. The van der Waals surface area contributed by atoms with Crippen molar-refractivity contribution in [1.82, 2.24) is 4.90 Å². The number of esters is 1. The molecular weight excluding hydrogens is 402 g/mol. The molecule has 31 heavy (non-hydrogen) atoms. The van der Waals surface area contributed by atoms with Crippen LogP contribution in [0.1, 0.15) is 88.0 Å². The fourth-order valence-corrected chi connectivity index (χ4v) is 2.85. The molecule has 0 bridgehead atoms. The van der Waals surface area contributed by atoms with Crippen molar-refractivity contribution in [2.24, 2.45) is 0 Å². The van der Waals surface area contributed by atoms with Crippen molar-refractivity contribution in [3.8, 4) is 0 Å². The zero-order chi connectivity index (χ0) is 24.2. The van der Waals surface area contributed by atoms with Crippen LogP contribution in [0, 0.1) is 0 Å². The number of allylic oxidation sites excluding steroid dienone is 2. The summed E-state index contributed by atoms with van der Waals surface area (Å²) in [5.74, 6) is -0.714. The van der Waals surface area contributed by atoms with E-state index in [4.69, 9.17) is 14.2 Å². The average Bonchev–Trinajstić information content (AvgIpc) is 2.91. The highest BCUT2D eigenvalue weighted by Crippen LogP contribution is 2.26. The Bertz CT molecular complexity index is 704. The van der Waals surface area contributed by atoms with Crippen LogP contribution >= 0.6 is 0 Å². The van der Waals surface area contributed by atoms with Gasteiger partial charge in [0.2, 0.25) is 0 Å². The molecule has 1 aliphatic carbocycles. The maximum atomic E-state index is 13.0. The van der Waals surface area contributed by atoms with Gasteiger partial charge >= 0.3 is 18.2 Å². The van der Waals surface area contributed by atoms with E-state index in [0.29, 0.717) is 24.2 Å². The summed E-state index contributed by atoms with van der Waals surface area (Å²) in [5, 5.41) is 0. The minimum atomic E-state index is -1.26. The van der Waals surface area contributed by atoms with Gasteiger partial charge in [-0.25, -0.2) is 14.4 Å². The number of rotatable bonds is 5. The van der Waals surface area contributed by atoms with Crippen molar-refractivity contribution in [2.75, 3.05) is 0 Å². The van der Waals surface area contributed by atoms with Gasteiger partial charge in [-0.1, -0.05) is 5.57 Å². The predicted octanol–water partition coefficient (Wildman–Crippen LogP) is 4.94. The third kappa shape index (κ3) is 9.98. The molecule has 0 radical (unpaired) electrons. The van der Waals surface area contributed by atoms with Gasteiger partial charge in [0.05, 0.1) is 0 Å². The molecule has 0 saturated heterocycles. The standard InChI is InChI=1S/C23H37NO7/c1-21(2,3)29-18(26)17(13-11-15-10-12-16(25)14-15)24(19(27)30-22(4,5)6)20(28)31-23(7,8)9/h14,17H,10-13H2,1-9H3/t17-/m0/s1. The molecule has 0 aliphatic heterocycles. The number of carbonyl (C=O) groups excluding carboxylic acids is 4. The molecule has 176 valence electrons. The number of amides is 2. The van der Waals surface area contributed by atoms with E-state index in [1.54, 1.807) is 68.4 Å². The largest absolute Gasteiger partial charge is 0.458 e. The molecule has 0 N–H and O–H groups in total. The molecule has 8 nitrogen and oxygen atoms in total. The lowest BCUT2D eigenvalue weighted by Gasteiger charge is -2.33. The molecule has 0 saturated carbocycles. The smallest absolute Gasteiger partial charge is 0.420 e. The first-order valence-corrected chi connectivity index (χ1v) is 10.6. The summed E-state index contributed by atoms with van der Waals surface area (Å²) in [7, 11) is 0. The monoisotopic (exact) mass is 439 g/mol. The number of ketones is 1. The molecule has 2 amide bonds. The van der Waals surface area contributed by atoms with E-state index < -0.39 is 41.0 Å². The molecule has 0 aromatic rings. The van der Waals surface area contributed by atoms with Gasteiger partial charge in [-0.3, -0.25) is 4.79 Å². The summed E-state index contributed by atoms with van der Waals surface area (Å²) >= 11 is 0. The van der Waals surface area contributed by atoms with Crippen molar-refractivity contribution < 1.29 is 33.4 Å². The van der Waals surface area contributed by atoms with E-state index in [2.05, 4.69) is 0 Å². The van der Waals surface area contributed by atoms with Crippen LogP contribution in [0.4, 0.5) is 9.59 Å². The van der Waals surface area contributed by atoms with Crippen LogP contribution in [0.15, 0.2) is 11.6 Å². The lowest BCUT2D eigenvalue weighted by atomic mass is 10.0. The van der Waals surface area contributed by atoms with E-state index in [-0.39, 0.29) is 12.2 Å². The Kier molecular flexibility index (Phi) is 8.45. The fourth-order valence-electron chi connectivity index (χ4n) is 2.85. The Balaban J connectivity index is 3.29. The Labute approximate surface area is 185 Å². The second-order valence-electron chi connectivity index (χ2n) is 10.7. The minimum Gasteiger partial charge on any atom is -0.458 e. The van der Waals surface area contributed by atoms with Gasteiger partial charge in [-0.05, 0) is 87.7 Å². The topological polar surface area (TPSA) is 99.2 Å². The summed E-state index contributed by atoms with van der Waals surface area (Å²) < 4.78 is 16.3. The van der Waals surface area contributed by atoms with Gasteiger partial charge in [0.1, 0.15) is 22.8 Å². The van der Waals surface area contributed by atoms with E-state index in [9.17, 15) is 19.2 Å². The summed E-state index contributed by atoms with van der Waals surface area (Å²) in [6.45, 7) is 15.1. The Morgan fingerprint density at radius 3 is 1.65 bits per heavy atom. The maximum Gasteiger partial charge on any atom is 0.420 e. The van der Waals surface area contributed by atoms with Crippen LogP contribution in [0.3, 0.4) is 0 Å². The van der Waals surface area contributed by atoms with Gasteiger partial charge in [0.25, 0.3) is 0 Å². The molecule has 1 atom stereocenters. The molecule has 8 heteroatoms. The van der Waals surface area contributed by atoms with Gasteiger partial charge in [-0.15, -0.1) is 0 Å². The van der Waals surface area contributed by atoms with Crippen molar-refractivity contribution >= 4 is 23.9 Å². The SMILES string of the molecule is CC(C)(C)OC(=O)[C@H](CCC1=CC(=O)CC1)N(C(=O)OC(C)(C)C)C(=O)OC(C)(C)C. The zero-order valence-electron chi connectivity index (χ0n) is 20.3. The highest BCUT2D eigenvalue weighted by atomic mass is 16.6. The van der Waals surface area contributed by atoms with Crippen LogP contribution in [-0.2, 0) is 23.8 Å². The Hall–Kier alpha value is -2.38. The molecule has 0 heterocycles. The van der Waals surface area contributed by atoms with Crippen molar-refractivity contribution in [1.29, 1.82) is 0 Å². The van der Waals surface area contributed by atoms with Gasteiger partial charge in [0, 0.05) is 6.42 Å². The summed E-state index contributed by atoms with van der Waals surface area (Å²) in [6.07, 6.45) is 1.04. The second kappa shape index (κ2) is 9.83. The van der Waals surface area contributed by atoms with E-state index in [0.717, 1.165) is 5.57 Å². The number of carbonyl (C=O) groups is 4. The zero-order valence-corrected chi connectivity index (χ0v) is 20.3. The Morgan fingerprint density at radius 2 is 1.29 bits per heavy atom. The number of hydrogen-bond donors (Lipinski definition) is 0. The molecule has 0 fully saturated rings. The number of imide groups is 1. The molecular formula is C23H37NO7. The normalized spacial score (nSPS) is 15.8. The van der Waals surface area contributed by atoms with Crippen molar-refractivity contribution in [3.05, 3.63) is 11.6 Å². The minimum absolute atomic E-state index is 0.0277. The quantitative estimate of drug-likeness (QED) is 0.442. The van der Waals surface area contributed by atoms with Crippen LogP contribution in [0.2, 0.25) is 0 Å². The lowest BCUT2D eigenvalue weighted by molar-refractivity contribution is -0.161. The van der Waals surface area contributed by atoms with Crippen LogP contribution in [0.25, 0.3) is 0 Å². The van der Waals surface area contributed by atoms with Crippen LogP contribution in [-0.4, -0.2) is 51.7 Å². The van der Waals surface area contributed by atoms with Gasteiger partial charge in [0.15, 0.2) is 5.78 Å². The predicted molar refractivity (Wildman–Crippen MR) is 115 cm³/mol. The molecule has 0 spiro atoms. The first-order chi connectivity index (χ1) is 13.9. The third-order valence-corrected chi connectivity index (χ3v) is 3.97. The molecule has 0 aromatic carbocycles. The molecule has 0 unspecified atom stereocenters. The first-order valence-electron chi connectivity index (χ1n) is 10.6. The van der Waals surface area contributed by atoms with Gasteiger partial charge in [-0.2, -0.15) is 4.90 Å². The second-order valence-corrected chi connectivity index (χ2v) is 10.7. The number of hydrogen-bond acceptors (Lipinski definition) is 7. The van der Waals surface area contributed by atoms with Crippen LogP contribution in [0.5, 0.6) is 0 Å². The van der Waals surface area contributed by atoms with E-state index in [1.807, 2.05) is 0 Å². The van der Waals surface area contributed by atoms with Crippen molar-refractivity contribution in [2.45, 2.75) is 111 Å². The van der Waals surface area contributed by atoms with E-state index >= 15 is 0 Å². The van der Waals surface area contributed by atoms with Crippen LogP contribution < -0.4 is 0 Å². The molecule has 1 aliphatic rings. The summed E-state index contributed by atoms with van der Waals surface area (Å²) in [5.41, 5.74) is -1.75. The number of ether oxygens (including phenoxy) is 3. The fraction of sp³-hybridized carbons (Fsp3) is 0.739. The summed E-state index contributed by atoms with van der Waals surface area (Å²) in [4.78, 5) is 51.2. The third-order valence-electron chi connectivity index (χ3n) is 3.97. The van der Waals surface area contributed by atoms with Gasteiger partial charge < -0.3 is 14.2 Å². The number of nitrogens with zero attached hydrogens (tertiary/aromatic N) is 1. The average molecular weight is 440 g/mol. The molecule has 0 aromatic heterocycles.